The highest BCUT2D eigenvalue weighted by molar-refractivity contribution is 6.20. The summed E-state index contributed by atoms with van der Waals surface area (Å²) in [6, 6.07) is 77.3. The van der Waals surface area contributed by atoms with E-state index in [1.165, 1.54) is 10.8 Å². The van der Waals surface area contributed by atoms with Crippen LogP contribution in [0, 0.1) is 0 Å². The first-order chi connectivity index (χ1) is 31.3. The molecular formula is C58H36N4O. The Morgan fingerprint density at radius 3 is 1.62 bits per heavy atom. The van der Waals surface area contributed by atoms with Gasteiger partial charge in [0.25, 0.3) is 0 Å². The minimum atomic E-state index is 0.623. The maximum Gasteiger partial charge on any atom is 0.235 e. The molecule has 0 atom stereocenters. The molecule has 0 aliphatic heterocycles. The SMILES string of the molecule is c1ccc(-c2cc(-c3ccccc3)nc(-n3c4ccccc4c4c(-c5ccc6c(c5)c5ccccc5n6-c5cccc6c5oc5ccccc56)c(-c5ccccc5)ccc43)n2)cc1. The average molecular weight is 805 g/mol. The summed E-state index contributed by atoms with van der Waals surface area (Å²) in [6.07, 6.45) is 0. The number of benzene rings is 9. The molecule has 0 fully saturated rings. The Kier molecular flexibility index (Phi) is 7.84. The summed E-state index contributed by atoms with van der Waals surface area (Å²) in [4.78, 5) is 10.7. The van der Waals surface area contributed by atoms with Gasteiger partial charge in [-0.2, -0.15) is 0 Å². The van der Waals surface area contributed by atoms with Crippen molar-refractivity contribution < 1.29 is 4.42 Å². The smallest absolute Gasteiger partial charge is 0.235 e. The Labute approximate surface area is 362 Å². The summed E-state index contributed by atoms with van der Waals surface area (Å²) in [7, 11) is 0. The highest BCUT2D eigenvalue weighted by Gasteiger charge is 2.24. The fourth-order valence-corrected chi connectivity index (χ4v) is 9.78. The first-order valence-corrected chi connectivity index (χ1v) is 21.3. The van der Waals surface area contributed by atoms with Gasteiger partial charge in [0.15, 0.2) is 5.58 Å². The second kappa shape index (κ2) is 14.0. The monoisotopic (exact) mass is 804 g/mol. The molecule has 13 rings (SSSR count). The van der Waals surface area contributed by atoms with E-state index in [9.17, 15) is 0 Å². The van der Waals surface area contributed by atoms with Crippen LogP contribution < -0.4 is 0 Å². The first kappa shape index (κ1) is 35.2. The molecule has 0 bridgehead atoms. The summed E-state index contributed by atoms with van der Waals surface area (Å²) < 4.78 is 11.2. The zero-order valence-electron chi connectivity index (χ0n) is 34.0. The number of rotatable bonds is 6. The van der Waals surface area contributed by atoms with Crippen LogP contribution in [0.1, 0.15) is 0 Å². The molecule has 0 amide bonds. The van der Waals surface area contributed by atoms with Gasteiger partial charge in [0.1, 0.15) is 5.58 Å². The molecule has 63 heavy (non-hydrogen) atoms. The number of furan rings is 1. The molecular weight excluding hydrogens is 769 g/mol. The van der Waals surface area contributed by atoms with Crippen LogP contribution in [0.25, 0.3) is 122 Å². The van der Waals surface area contributed by atoms with Crippen molar-refractivity contribution in [3.8, 4) is 56.4 Å². The van der Waals surface area contributed by atoms with Crippen molar-refractivity contribution in [2.45, 2.75) is 0 Å². The van der Waals surface area contributed by atoms with Crippen molar-refractivity contribution in [3.63, 3.8) is 0 Å². The van der Waals surface area contributed by atoms with Crippen LogP contribution in [0.15, 0.2) is 223 Å². The van der Waals surface area contributed by atoms with Crippen molar-refractivity contribution >= 4 is 65.6 Å². The van der Waals surface area contributed by atoms with Gasteiger partial charge in [0.05, 0.1) is 39.1 Å². The topological polar surface area (TPSA) is 48.8 Å². The van der Waals surface area contributed by atoms with Gasteiger partial charge in [0, 0.05) is 43.4 Å². The quantitative estimate of drug-likeness (QED) is 0.168. The fraction of sp³-hybridized carbons (Fsp3) is 0. The lowest BCUT2D eigenvalue weighted by Gasteiger charge is -2.15. The summed E-state index contributed by atoms with van der Waals surface area (Å²) in [5.74, 6) is 0.623. The predicted molar refractivity (Wildman–Crippen MR) is 260 cm³/mol. The number of para-hydroxylation sites is 4. The molecule has 0 radical (unpaired) electrons. The van der Waals surface area contributed by atoms with Crippen molar-refractivity contribution in [1.82, 2.24) is 19.1 Å². The van der Waals surface area contributed by atoms with Gasteiger partial charge < -0.3 is 8.98 Å². The minimum absolute atomic E-state index is 0.623. The Hall–Kier alpha value is -8.54. The average Bonchev–Trinajstić information content (AvgIpc) is 4.02. The second-order valence-electron chi connectivity index (χ2n) is 16.1. The summed E-state index contributed by atoms with van der Waals surface area (Å²) >= 11 is 0. The Balaban J connectivity index is 1.10. The van der Waals surface area contributed by atoms with Gasteiger partial charge in [-0.25, -0.2) is 9.97 Å². The molecule has 5 heteroatoms. The Morgan fingerprint density at radius 1 is 0.349 bits per heavy atom. The van der Waals surface area contributed by atoms with E-state index in [0.717, 1.165) is 105 Å². The fourth-order valence-electron chi connectivity index (χ4n) is 9.78. The van der Waals surface area contributed by atoms with Gasteiger partial charge in [-0.05, 0) is 70.8 Å². The molecule has 4 heterocycles. The van der Waals surface area contributed by atoms with E-state index in [1.807, 2.05) is 24.3 Å². The van der Waals surface area contributed by atoms with Crippen LogP contribution in [0.3, 0.4) is 0 Å². The third-order valence-electron chi connectivity index (χ3n) is 12.6. The third-order valence-corrected chi connectivity index (χ3v) is 12.6. The van der Waals surface area contributed by atoms with Crippen LogP contribution in [0.5, 0.6) is 0 Å². The maximum absolute atomic E-state index is 6.62. The van der Waals surface area contributed by atoms with E-state index in [2.05, 4.69) is 203 Å². The molecule has 0 saturated heterocycles. The summed E-state index contributed by atoms with van der Waals surface area (Å²) in [6.45, 7) is 0. The molecule has 0 saturated carbocycles. The summed E-state index contributed by atoms with van der Waals surface area (Å²) in [5.41, 5.74) is 15.5. The number of hydrogen-bond acceptors (Lipinski definition) is 3. The molecule has 4 aromatic heterocycles. The second-order valence-corrected chi connectivity index (χ2v) is 16.1. The highest BCUT2D eigenvalue weighted by Crippen LogP contribution is 2.46. The number of hydrogen-bond donors (Lipinski definition) is 0. The number of fused-ring (bicyclic) bond motifs is 9. The molecule has 9 aromatic carbocycles. The van der Waals surface area contributed by atoms with Crippen molar-refractivity contribution in [3.05, 3.63) is 218 Å². The first-order valence-electron chi connectivity index (χ1n) is 21.3. The van der Waals surface area contributed by atoms with Gasteiger partial charge in [-0.1, -0.05) is 170 Å². The molecule has 0 unspecified atom stereocenters. The molecule has 0 N–H and O–H groups in total. The van der Waals surface area contributed by atoms with Crippen molar-refractivity contribution in [2.24, 2.45) is 0 Å². The van der Waals surface area contributed by atoms with E-state index in [4.69, 9.17) is 14.4 Å². The van der Waals surface area contributed by atoms with E-state index in [1.54, 1.807) is 0 Å². The Bertz CT molecular complexity index is 3840. The van der Waals surface area contributed by atoms with Crippen LogP contribution in [-0.2, 0) is 0 Å². The van der Waals surface area contributed by atoms with E-state index in [-0.39, 0.29) is 0 Å². The number of nitrogens with zero attached hydrogens (tertiary/aromatic N) is 4. The van der Waals surface area contributed by atoms with Crippen LogP contribution in [0.4, 0.5) is 0 Å². The van der Waals surface area contributed by atoms with Gasteiger partial charge in [-0.15, -0.1) is 0 Å². The van der Waals surface area contributed by atoms with Crippen molar-refractivity contribution in [2.75, 3.05) is 0 Å². The van der Waals surface area contributed by atoms with Gasteiger partial charge >= 0.3 is 0 Å². The lowest BCUT2D eigenvalue weighted by Crippen LogP contribution is -2.04. The molecule has 5 nitrogen and oxygen atoms in total. The van der Waals surface area contributed by atoms with Crippen LogP contribution in [-0.4, -0.2) is 19.1 Å². The molecule has 13 aromatic rings. The lowest BCUT2D eigenvalue weighted by molar-refractivity contribution is 0.666. The lowest BCUT2D eigenvalue weighted by atomic mass is 9.90. The predicted octanol–water partition coefficient (Wildman–Crippen LogP) is 15.2. The molecule has 0 spiro atoms. The van der Waals surface area contributed by atoms with E-state index < -0.39 is 0 Å². The third kappa shape index (κ3) is 5.50. The molecule has 0 aliphatic rings. The molecule has 0 aliphatic carbocycles. The van der Waals surface area contributed by atoms with E-state index >= 15 is 0 Å². The normalized spacial score (nSPS) is 11.8. The maximum atomic E-state index is 6.62. The van der Waals surface area contributed by atoms with Gasteiger partial charge in [-0.3, -0.25) is 4.57 Å². The van der Waals surface area contributed by atoms with E-state index in [0.29, 0.717) is 5.95 Å². The molecule has 294 valence electrons. The summed E-state index contributed by atoms with van der Waals surface area (Å²) in [5, 5.41) is 6.86. The minimum Gasteiger partial charge on any atom is -0.454 e. The van der Waals surface area contributed by atoms with Crippen molar-refractivity contribution in [1.29, 1.82) is 0 Å². The zero-order valence-corrected chi connectivity index (χ0v) is 34.0. The zero-order chi connectivity index (χ0) is 41.4. The highest BCUT2D eigenvalue weighted by atomic mass is 16.3. The number of aromatic nitrogens is 4. The van der Waals surface area contributed by atoms with Gasteiger partial charge in [0.2, 0.25) is 5.95 Å². The largest absolute Gasteiger partial charge is 0.454 e. The Morgan fingerprint density at radius 2 is 0.905 bits per heavy atom. The standard InChI is InChI=1S/C58H36N4O/c1-4-17-37(18-5-1)41-32-34-52-56(45-25-11-14-28-50(45)62(52)58-59-47(38-19-6-2-7-20-38)36-48(60-58)39-21-8-3-9-22-39)55(41)40-31-33-51-46(35-40)42-23-10-13-27-49(42)61(51)53-29-16-26-44-43-24-12-15-30-54(43)63-57(44)53/h1-36H. The van der Waals surface area contributed by atoms with Crippen LogP contribution in [0.2, 0.25) is 0 Å². The van der Waals surface area contributed by atoms with Crippen LogP contribution >= 0.6 is 0 Å².